The van der Waals surface area contributed by atoms with Crippen LogP contribution in [-0.2, 0) is 28.5 Å². The lowest BCUT2D eigenvalue weighted by Crippen LogP contribution is -2.55. The highest BCUT2D eigenvalue weighted by atomic mass is 28.4. The van der Waals surface area contributed by atoms with E-state index >= 15 is 0 Å². The summed E-state index contributed by atoms with van der Waals surface area (Å²) in [5.74, 6) is -0.303. The molecule has 158 valence electrons. The van der Waals surface area contributed by atoms with E-state index in [1.807, 2.05) is 0 Å². The molecular formula is C18H31N3O6Si. The van der Waals surface area contributed by atoms with E-state index in [0.717, 1.165) is 13.7 Å². The van der Waals surface area contributed by atoms with Gasteiger partial charge in [-0.1, -0.05) is 31.2 Å². The zero-order valence-corrected chi connectivity index (χ0v) is 18.4. The molecule has 0 spiro atoms. The van der Waals surface area contributed by atoms with E-state index in [2.05, 4.69) is 13.2 Å². The molecule has 0 aliphatic heterocycles. The van der Waals surface area contributed by atoms with E-state index in [0.29, 0.717) is 11.1 Å². The van der Waals surface area contributed by atoms with Crippen molar-refractivity contribution >= 4 is 8.80 Å². The second-order valence-electron chi connectivity index (χ2n) is 7.20. The highest BCUT2D eigenvalue weighted by molar-refractivity contribution is 6.59. The zero-order valence-electron chi connectivity index (χ0n) is 17.4. The first-order valence-electron chi connectivity index (χ1n) is 9.10. The maximum absolute atomic E-state index is 12.8. The van der Waals surface area contributed by atoms with Gasteiger partial charge in [0.2, 0.25) is 0 Å². The van der Waals surface area contributed by atoms with Crippen molar-refractivity contribution in [3.8, 4) is 0 Å². The van der Waals surface area contributed by atoms with E-state index in [4.69, 9.17) is 8.85 Å². The van der Waals surface area contributed by atoms with Crippen LogP contribution in [0, 0.1) is 5.92 Å². The molecule has 0 aliphatic rings. The first kappa shape index (κ1) is 24.0. The molecule has 2 atom stereocenters. The normalized spacial score (nSPS) is 14.5. The molecule has 9 nitrogen and oxygen atoms in total. The number of hydrogen-bond donors (Lipinski definition) is 1. The molecule has 0 radical (unpaired) electrons. The van der Waals surface area contributed by atoms with Gasteiger partial charge in [0.1, 0.15) is 0 Å². The molecule has 1 rings (SSSR count). The lowest BCUT2D eigenvalue weighted by molar-refractivity contribution is 0.122. The predicted octanol–water partition coefficient (Wildman–Crippen LogP) is 0.574. The number of aromatic nitrogens is 3. The van der Waals surface area contributed by atoms with Crippen molar-refractivity contribution in [3.63, 3.8) is 0 Å². The lowest BCUT2D eigenvalue weighted by atomic mass is 10.2. The Bertz CT molecular complexity index is 846. The fourth-order valence-corrected chi connectivity index (χ4v) is 4.76. The number of rotatable bonds is 11. The molecule has 1 N–H and O–H groups in total. The topological polar surface area (TPSA) is 105 Å². The maximum atomic E-state index is 12.8. The van der Waals surface area contributed by atoms with Gasteiger partial charge in [-0.15, -0.1) is 0 Å². The van der Waals surface area contributed by atoms with Crippen molar-refractivity contribution in [2.75, 3.05) is 13.7 Å². The summed E-state index contributed by atoms with van der Waals surface area (Å²) >= 11 is 0. The summed E-state index contributed by atoms with van der Waals surface area (Å²) in [4.78, 5) is 48.7. The minimum absolute atomic E-state index is 0.00999. The van der Waals surface area contributed by atoms with E-state index in [9.17, 15) is 19.2 Å². The van der Waals surface area contributed by atoms with Crippen molar-refractivity contribution < 1.29 is 13.6 Å². The Morgan fingerprint density at radius 3 is 1.82 bits per heavy atom. The number of hydrogen-bond acceptors (Lipinski definition) is 6. The molecule has 0 saturated heterocycles. The standard InChI is InChI=1S/C18H31N3O6Si/c1-8-27-28(25,26-7)12-15(6)11-21-17(23)19(9-13(2)3)16(22)20(18(21)24)10-14(4)5/h15,25H,2,4,8-12H2,1,3,5-7H3. The minimum Gasteiger partial charge on any atom is -0.390 e. The maximum Gasteiger partial charge on any atom is 0.498 e. The van der Waals surface area contributed by atoms with Crippen LogP contribution >= 0.6 is 0 Å². The summed E-state index contributed by atoms with van der Waals surface area (Å²) in [6.45, 7) is 14.7. The Balaban J connectivity index is 3.43. The molecule has 1 heterocycles. The molecule has 10 heteroatoms. The number of nitrogens with zero attached hydrogens (tertiary/aromatic N) is 3. The predicted molar refractivity (Wildman–Crippen MR) is 109 cm³/mol. The molecule has 0 aliphatic carbocycles. The Morgan fingerprint density at radius 2 is 1.46 bits per heavy atom. The monoisotopic (exact) mass is 413 g/mol. The summed E-state index contributed by atoms with van der Waals surface area (Å²) in [6.07, 6.45) is 0. The second kappa shape index (κ2) is 9.96. The third-order valence-electron chi connectivity index (χ3n) is 4.03. The first-order chi connectivity index (χ1) is 13.0. The van der Waals surface area contributed by atoms with Crippen LogP contribution in [0.1, 0.15) is 27.7 Å². The molecule has 1 aromatic heterocycles. The van der Waals surface area contributed by atoms with Gasteiger partial charge in [-0.2, -0.15) is 0 Å². The highest BCUT2D eigenvalue weighted by Crippen LogP contribution is 2.17. The summed E-state index contributed by atoms with van der Waals surface area (Å²) in [5.41, 5.74) is -0.889. The van der Waals surface area contributed by atoms with Crippen LogP contribution in [0.2, 0.25) is 6.04 Å². The molecule has 2 unspecified atom stereocenters. The largest absolute Gasteiger partial charge is 0.498 e. The van der Waals surface area contributed by atoms with Crippen LogP contribution < -0.4 is 17.1 Å². The van der Waals surface area contributed by atoms with Gasteiger partial charge in [-0.3, -0.25) is 0 Å². The van der Waals surface area contributed by atoms with E-state index in [1.54, 1.807) is 27.7 Å². The minimum atomic E-state index is -3.39. The highest BCUT2D eigenvalue weighted by Gasteiger charge is 2.37. The van der Waals surface area contributed by atoms with Crippen molar-refractivity contribution in [1.29, 1.82) is 0 Å². The van der Waals surface area contributed by atoms with Gasteiger partial charge >= 0.3 is 25.9 Å². The molecule has 1 aromatic rings. The molecule has 0 aromatic carbocycles. The van der Waals surface area contributed by atoms with Crippen molar-refractivity contribution in [2.45, 2.75) is 53.4 Å². The van der Waals surface area contributed by atoms with Crippen LogP contribution in [0.5, 0.6) is 0 Å². The van der Waals surface area contributed by atoms with Crippen molar-refractivity contribution in [1.82, 2.24) is 13.7 Å². The van der Waals surface area contributed by atoms with E-state index < -0.39 is 25.9 Å². The first-order valence-corrected chi connectivity index (χ1v) is 11.1. The second-order valence-corrected chi connectivity index (χ2v) is 9.73. The molecule has 0 saturated carbocycles. The van der Waals surface area contributed by atoms with Gasteiger partial charge in [-0.25, -0.2) is 28.1 Å². The summed E-state index contributed by atoms with van der Waals surface area (Å²) < 4.78 is 13.5. The van der Waals surface area contributed by atoms with Gasteiger partial charge in [0, 0.05) is 26.3 Å². The third-order valence-corrected chi connectivity index (χ3v) is 6.62. The van der Waals surface area contributed by atoms with Crippen molar-refractivity contribution in [3.05, 3.63) is 55.8 Å². The van der Waals surface area contributed by atoms with Gasteiger partial charge in [0.15, 0.2) is 0 Å². The summed E-state index contributed by atoms with van der Waals surface area (Å²) in [6, 6.07) is 0.170. The Kier molecular flexibility index (Phi) is 8.55. The van der Waals surface area contributed by atoms with Gasteiger partial charge in [0.05, 0.1) is 13.1 Å². The fourth-order valence-electron chi connectivity index (χ4n) is 2.89. The molecule has 0 fully saturated rings. The summed E-state index contributed by atoms with van der Waals surface area (Å²) in [7, 11) is -2.02. The van der Waals surface area contributed by atoms with E-state index in [-0.39, 0.29) is 38.2 Å². The Labute approximate surface area is 165 Å². The molecule has 28 heavy (non-hydrogen) atoms. The van der Waals surface area contributed by atoms with Crippen LogP contribution in [0.3, 0.4) is 0 Å². The number of allylic oxidation sites excluding steroid dienone is 2. The van der Waals surface area contributed by atoms with Crippen LogP contribution in [0.4, 0.5) is 0 Å². The molecule has 0 bridgehead atoms. The average molecular weight is 414 g/mol. The lowest BCUT2D eigenvalue weighted by Gasteiger charge is -2.25. The average Bonchev–Trinajstić information content (AvgIpc) is 2.59. The summed E-state index contributed by atoms with van der Waals surface area (Å²) in [5, 5.41) is 0. The zero-order chi connectivity index (χ0) is 21.6. The smallest absolute Gasteiger partial charge is 0.390 e. The van der Waals surface area contributed by atoms with Gasteiger partial charge in [0.25, 0.3) is 0 Å². The Hall–Kier alpha value is -2.01. The Morgan fingerprint density at radius 1 is 1.04 bits per heavy atom. The van der Waals surface area contributed by atoms with Crippen LogP contribution in [0.15, 0.2) is 38.7 Å². The van der Waals surface area contributed by atoms with Crippen molar-refractivity contribution in [2.24, 2.45) is 5.92 Å². The van der Waals surface area contributed by atoms with Gasteiger partial charge in [-0.05, 0) is 26.7 Å². The molecule has 0 amide bonds. The quantitative estimate of drug-likeness (QED) is 0.420. The van der Waals surface area contributed by atoms with Crippen LogP contribution in [0.25, 0.3) is 0 Å². The third kappa shape index (κ3) is 5.99. The van der Waals surface area contributed by atoms with Gasteiger partial charge < -0.3 is 13.6 Å². The molecular weight excluding hydrogens is 382 g/mol. The van der Waals surface area contributed by atoms with E-state index in [1.165, 1.54) is 7.11 Å². The SMILES string of the molecule is C=C(C)Cn1c(=O)n(CC(=C)C)c(=O)n(CC(C)C[Si](O)(OC)OCC)c1=O. The fraction of sp³-hybridized carbons (Fsp3) is 0.611. The van der Waals surface area contributed by atoms with Crippen LogP contribution in [-0.4, -0.2) is 41.0 Å².